The van der Waals surface area contributed by atoms with E-state index in [9.17, 15) is 14.4 Å². The smallest absolute Gasteiger partial charge is 0.322 e. The van der Waals surface area contributed by atoms with E-state index in [1.807, 2.05) is 0 Å². The Bertz CT molecular complexity index is 368. The molecule has 0 aromatic carbocycles. The van der Waals surface area contributed by atoms with E-state index in [1.54, 1.807) is 4.90 Å². The van der Waals surface area contributed by atoms with Crippen LogP contribution in [-0.2, 0) is 14.3 Å². The quantitative estimate of drug-likeness (QED) is 0.447. The van der Waals surface area contributed by atoms with Crippen LogP contribution in [0, 0.1) is 0 Å². The number of ether oxygens (including phenoxy) is 1. The molecule has 21 heavy (non-hydrogen) atoms. The second-order valence-electron chi connectivity index (χ2n) is 4.61. The molecule has 0 bridgehead atoms. The zero-order chi connectivity index (χ0) is 15.7. The molecule has 0 unspecified atom stereocenters. The monoisotopic (exact) mass is 303 g/mol. The van der Waals surface area contributed by atoms with Gasteiger partial charge in [-0.1, -0.05) is 0 Å². The maximum absolute atomic E-state index is 11.8. The Morgan fingerprint density at radius 3 is 2.38 bits per heavy atom. The third kappa shape index (κ3) is 6.91. The van der Waals surface area contributed by atoms with Gasteiger partial charge in [-0.3, -0.25) is 9.59 Å². The molecule has 0 aliphatic carbocycles. The number of carbonyl (C=O) groups is 3. The Morgan fingerprint density at radius 1 is 1.14 bits per heavy atom. The van der Waals surface area contributed by atoms with Crippen molar-refractivity contribution in [2.45, 2.75) is 18.9 Å². The van der Waals surface area contributed by atoms with Crippen LogP contribution in [0.15, 0.2) is 0 Å². The predicted molar refractivity (Wildman–Crippen MR) is 71.7 cm³/mol. The molecule has 1 heterocycles. The van der Waals surface area contributed by atoms with Crippen LogP contribution in [0.2, 0.25) is 0 Å². The zero-order valence-corrected chi connectivity index (χ0v) is 11.7. The van der Waals surface area contributed by atoms with Gasteiger partial charge in [0.2, 0.25) is 5.91 Å². The Labute approximate surface area is 122 Å². The van der Waals surface area contributed by atoms with E-state index in [-0.39, 0.29) is 25.3 Å². The number of carboxylic acids is 1. The minimum absolute atomic E-state index is 0.0217. The first-order valence-corrected chi connectivity index (χ1v) is 6.76. The Hall–Kier alpha value is -1.87. The minimum atomic E-state index is -1.14. The molecule has 1 aliphatic rings. The molecule has 0 radical (unpaired) electrons. The van der Waals surface area contributed by atoms with Crippen molar-refractivity contribution in [3.05, 3.63) is 0 Å². The van der Waals surface area contributed by atoms with E-state index >= 15 is 0 Å². The Balaban J connectivity index is 2.19. The van der Waals surface area contributed by atoms with Gasteiger partial charge in [-0.05, 0) is 12.8 Å². The van der Waals surface area contributed by atoms with Crippen LogP contribution in [0.4, 0.5) is 4.79 Å². The van der Waals surface area contributed by atoms with Gasteiger partial charge < -0.3 is 30.5 Å². The number of carboxylic acid groups (broad SMARTS) is 1. The number of likely N-dealkylation sites (tertiary alicyclic amines) is 1. The fraction of sp³-hybridized carbons (Fsp3) is 0.750. The summed E-state index contributed by atoms with van der Waals surface area (Å²) in [5.41, 5.74) is 0. The van der Waals surface area contributed by atoms with Crippen LogP contribution < -0.4 is 10.6 Å². The van der Waals surface area contributed by atoms with Crippen LogP contribution in [0.3, 0.4) is 0 Å². The summed E-state index contributed by atoms with van der Waals surface area (Å²) in [6.45, 7) is 0.569. The number of carbonyl (C=O) groups excluding carboxylic acids is 2. The van der Waals surface area contributed by atoms with Crippen molar-refractivity contribution in [3.8, 4) is 0 Å². The van der Waals surface area contributed by atoms with Crippen LogP contribution in [0.5, 0.6) is 0 Å². The minimum Gasteiger partial charge on any atom is -0.480 e. The lowest BCUT2D eigenvalue weighted by molar-refractivity contribution is -0.137. The average molecular weight is 303 g/mol. The number of rotatable bonds is 7. The fourth-order valence-electron chi connectivity index (χ4n) is 1.95. The van der Waals surface area contributed by atoms with E-state index in [1.165, 1.54) is 0 Å². The van der Waals surface area contributed by atoms with Crippen LogP contribution in [0.1, 0.15) is 12.8 Å². The van der Waals surface area contributed by atoms with Crippen molar-refractivity contribution < 1.29 is 29.3 Å². The predicted octanol–water partition coefficient (Wildman–Crippen LogP) is -1.63. The molecular weight excluding hydrogens is 282 g/mol. The topological polar surface area (TPSA) is 128 Å². The normalized spacial score (nSPS) is 15.6. The summed E-state index contributed by atoms with van der Waals surface area (Å²) in [5, 5.41) is 21.6. The summed E-state index contributed by atoms with van der Waals surface area (Å²) in [5.74, 6) is -1.69. The number of hydrogen-bond donors (Lipinski definition) is 4. The first-order chi connectivity index (χ1) is 10.0. The van der Waals surface area contributed by atoms with Crippen molar-refractivity contribution >= 4 is 17.9 Å². The molecule has 0 saturated carbocycles. The van der Waals surface area contributed by atoms with Crippen molar-refractivity contribution in [2.75, 3.05) is 39.4 Å². The molecule has 0 spiro atoms. The molecule has 1 fully saturated rings. The highest BCUT2D eigenvalue weighted by Gasteiger charge is 2.23. The number of nitrogens with zero attached hydrogens (tertiary/aromatic N) is 1. The number of aliphatic carboxylic acids is 1. The molecule has 0 aromatic heterocycles. The van der Waals surface area contributed by atoms with Crippen molar-refractivity contribution in [1.82, 2.24) is 15.5 Å². The van der Waals surface area contributed by atoms with Gasteiger partial charge in [0.1, 0.15) is 6.54 Å². The molecule has 3 amide bonds. The van der Waals surface area contributed by atoms with Gasteiger partial charge in [-0.15, -0.1) is 0 Å². The van der Waals surface area contributed by atoms with E-state index in [2.05, 4.69) is 10.6 Å². The van der Waals surface area contributed by atoms with Crippen molar-refractivity contribution in [1.29, 1.82) is 0 Å². The van der Waals surface area contributed by atoms with Gasteiger partial charge >= 0.3 is 12.0 Å². The molecule has 1 rings (SSSR count). The van der Waals surface area contributed by atoms with Gasteiger partial charge in [0.15, 0.2) is 0 Å². The number of amides is 3. The first kappa shape index (κ1) is 17.2. The number of urea groups is 1. The third-order valence-electron chi connectivity index (χ3n) is 3.01. The lowest BCUT2D eigenvalue weighted by atomic mass is 10.1. The third-order valence-corrected chi connectivity index (χ3v) is 3.01. The van der Waals surface area contributed by atoms with E-state index < -0.39 is 18.4 Å². The van der Waals surface area contributed by atoms with Crippen LogP contribution >= 0.6 is 0 Å². The molecule has 4 N–H and O–H groups in total. The Morgan fingerprint density at radius 2 is 1.81 bits per heavy atom. The van der Waals surface area contributed by atoms with Gasteiger partial charge in [0.05, 0.1) is 25.9 Å². The summed E-state index contributed by atoms with van der Waals surface area (Å²) in [4.78, 5) is 34.9. The maximum Gasteiger partial charge on any atom is 0.322 e. The number of nitrogens with one attached hydrogen (secondary N) is 2. The highest BCUT2D eigenvalue weighted by atomic mass is 16.5. The highest BCUT2D eigenvalue weighted by molar-refractivity contribution is 5.86. The average Bonchev–Trinajstić information content (AvgIpc) is 2.49. The van der Waals surface area contributed by atoms with E-state index in [0.717, 1.165) is 0 Å². The lowest BCUT2D eigenvalue weighted by Crippen LogP contribution is -2.48. The standard InChI is InChI=1S/C12H21N3O6/c16-5-6-21-9-1-3-15(4-2-9)12(20)14-7-10(17)13-8-11(18)19/h9,16H,1-8H2,(H,13,17)(H,14,20)(H,18,19). The van der Waals surface area contributed by atoms with Crippen LogP contribution in [0.25, 0.3) is 0 Å². The molecule has 1 aliphatic heterocycles. The van der Waals surface area contributed by atoms with Crippen LogP contribution in [-0.4, -0.2) is 78.5 Å². The summed E-state index contributed by atoms with van der Waals surface area (Å²) in [7, 11) is 0. The maximum atomic E-state index is 11.8. The fourth-order valence-corrected chi connectivity index (χ4v) is 1.95. The number of hydrogen-bond acceptors (Lipinski definition) is 5. The van der Waals surface area contributed by atoms with Gasteiger partial charge in [0.25, 0.3) is 0 Å². The lowest BCUT2D eigenvalue weighted by Gasteiger charge is -2.31. The molecule has 9 nitrogen and oxygen atoms in total. The largest absolute Gasteiger partial charge is 0.480 e. The zero-order valence-electron chi connectivity index (χ0n) is 11.7. The molecule has 0 atom stereocenters. The summed E-state index contributed by atoms with van der Waals surface area (Å²) < 4.78 is 5.38. The first-order valence-electron chi connectivity index (χ1n) is 6.76. The van der Waals surface area contributed by atoms with Gasteiger partial charge in [-0.25, -0.2) is 4.79 Å². The summed E-state index contributed by atoms with van der Waals surface area (Å²) in [6, 6.07) is -0.360. The van der Waals surface area contributed by atoms with E-state index in [4.69, 9.17) is 14.9 Å². The molecule has 120 valence electrons. The molecular formula is C12H21N3O6. The second kappa shape index (κ2) is 9.14. The highest BCUT2D eigenvalue weighted by Crippen LogP contribution is 2.13. The number of aliphatic hydroxyl groups excluding tert-OH is 1. The number of piperidine rings is 1. The SMILES string of the molecule is O=C(O)CNC(=O)CNC(=O)N1CCC(OCCO)CC1. The summed E-state index contributed by atoms with van der Waals surface area (Å²) >= 11 is 0. The molecule has 1 saturated heterocycles. The molecule has 9 heteroatoms. The van der Waals surface area contributed by atoms with Crippen molar-refractivity contribution in [3.63, 3.8) is 0 Å². The summed E-state index contributed by atoms with van der Waals surface area (Å²) in [6.07, 6.45) is 1.40. The Kier molecular flexibility index (Phi) is 7.48. The van der Waals surface area contributed by atoms with E-state index in [0.29, 0.717) is 32.5 Å². The van der Waals surface area contributed by atoms with Gasteiger partial charge in [-0.2, -0.15) is 0 Å². The molecule has 0 aromatic rings. The van der Waals surface area contributed by atoms with Gasteiger partial charge in [0, 0.05) is 13.1 Å². The number of aliphatic hydroxyl groups is 1. The van der Waals surface area contributed by atoms with Crippen molar-refractivity contribution in [2.24, 2.45) is 0 Å². The second-order valence-corrected chi connectivity index (χ2v) is 4.61.